The third-order valence-corrected chi connectivity index (χ3v) is 5.02. The highest BCUT2D eigenvalue weighted by molar-refractivity contribution is 5.85. The van der Waals surface area contributed by atoms with Crippen molar-refractivity contribution < 1.29 is 4.79 Å². The van der Waals surface area contributed by atoms with Gasteiger partial charge in [0.1, 0.15) is 17.6 Å². The molecule has 0 aliphatic carbocycles. The molecule has 166 valence electrons. The van der Waals surface area contributed by atoms with Crippen LogP contribution >= 0.6 is 12.4 Å². The number of hydrogen-bond donors (Lipinski definition) is 4. The van der Waals surface area contributed by atoms with Crippen molar-refractivity contribution in [2.24, 2.45) is 11.5 Å². The molecule has 1 aromatic carbocycles. The van der Waals surface area contributed by atoms with Crippen LogP contribution in [0.1, 0.15) is 11.7 Å². The second kappa shape index (κ2) is 10.1. The molecule has 0 bridgehead atoms. The molecule has 4 rings (SSSR count). The zero-order chi connectivity index (χ0) is 21.8. The van der Waals surface area contributed by atoms with Gasteiger partial charge in [0.05, 0.1) is 6.20 Å². The average Bonchev–Trinajstić information content (AvgIpc) is 3.20. The Kier molecular flexibility index (Phi) is 7.24. The first-order chi connectivity index (χ1) is 15.1. The number of aromatic nitrogens is 4. The van der Waals surface area contributed by atoms with Gasteiger partial charge in [0.15, 0.2) is 0 Å². The molecule has 6 N–H and O–H groups in total. The summed E-state index contributed by atoms with van der Waals surface area (Å²) < 4.78 is 1.36. The van der Waals surface area contributed by atoms with Crippen molar-refractivity contribution in [1.82, 2.24) is 19.5 Å². The minimum Gasteiger partial charge on any atom is -0.378 e. The van der Waals surface area contributed by atoms with Crippen LogP contribution in [0.5, 0.6) is 0 Å². The molecule has 9 nitrogen and oxygen atoms in total. The zero-order valence-corrected chi connectivity index (χ0v) is 18.0. The Morgan fingerprint density at radius 2 is 1.97 bits per heavy atom. The predicted molar refractivity (Wildman–Crippen MR) is 127 cm³/mol. The maximum atomic E-state index is 13.4. The van der Waals surface area contributed by atoms with Gasteiger partial charge >= 0.3 is 0 Å². The lowest BCUT2D eigenvalue weighted by Gasteiger charge is -2.21. The molecular formula is C22H24ClN7O2. The molecule has 10 heteroatoms. The number of H-pyrrole nitrogens is 1. The second-order valence-corrected chi connectivity index (χ2v) is 7.13. The van der Waals surface area contributed by atoms with Gasteiger partial charge in [-0.3, -0.25) is 19.1 Å². The third-order valence-electron chi connectivity index (χ3n) is 5.02. The number of anilines is 1. The van der Waals surface area contributed by atoms with Crippen molar-refractivity contribution in [3.63, 3.8) is 0 Å². The van der Waals surface area contributed by atoms with Gasteiger partial charge in [-0.15, -0.1) is 12.4 Å². The molecule has 1 amide bonds. The summed E-state index contributed by atoms with van der Waals surface area (Å²) in [6.07, 6.45) is 5.08. The first-order valence-corrected chi connectivity index (χ1v) is 9.90. The van der Waals surface area contributed by atoms with Crippen LogP contribution in [0, 0.1) is 0 Å². The van der Waals surface area contributed by atoms with E-state index in [-0.39, 0.29) is 30.1 Å². The summed E-state index contributed by atoms with van der Waals surface area (Å²) in [5.74, 6) is -0.265. The Hall–Kier alpha value is -3.69. The molecule has 4 aromatic rings. The Morgan fingerprint density at radius 3 is 2.66 bits per heavy atom. The van der Waals surface area contributed by atoms with E-state index in [4.69, 9.17) is 11.5 Å². The second-order valence-electron chi connectivity index (χ2n) is 7.13. The molecule has 32 heavy (non-hydrogen) atoms. The maximum absolute atomic E-state index is 13.4. The maximum Gasteiger partial charge on any atom is 0.277 e. The van der Waals surface area contributed by atoms with Crippen LogP contribution < -0.4 is 22.3 Å². The Labute approximate surface area is 190 Å². The summed E-state index contributed by atoms with van der Waals surface area (Å²) >= 11 is 0. The lowest BCUT2D eigenvalue weighted by Crippen LogP contribution is -2.38. The van der Waals surface area contributed by atoms with Gasteiger partial charge in [0.25, 0.3) is 5.56 Å². The summed E-state index contributed by atoms with van der Waals surface area (Å²) in [7, 11) is 0. The summed E-state index contributed by atoms with van der Waals surface area (Å²) in [5, 5.41) is 3.88. The van der Waals surface area contributed by atoms with Crippen LogP contribution in [0.3, 0.4) is 0 Å². The number of fused-ring (bicyclic) bond motifs is 1. The summed E-state index contributed by atoms with van der Waals surface area (Å²) in [6.45, 7) is 0.750. The third kappa shape index (κ3) is 4.63. The molecule has 0 radical (unpaired) electrons. The number of primary amides is 1. The minimum atomic E-state index is -0.948. The molecule has 0 fully saturated rings. The van der Waals surface area contributed by atoms with Gasteiger partial charge in [-0.25, -0.2) is 4.98 Å². The number of carbonyl (C=O) groups is 1. The molecule has 0 saturated heterocycles. The number of pyridine rings is 1. The van der Waals surface area contributed by atoms with Crippen molar-refractivity contribution in [1.29, 1.82) is 0 Å². The van der Waals surface area contributed by atoms with E-state index in [0.29, 0.717) is 24.5 Å². The van der Waals surface area contributed by atoms with E-state index in [1.54, 1.807) is 12.4 Å². The number of rotatable bonds is 8. The van der Waals surface area contributed by atoms with Gasteiger partial charge in [0.2, 0.25) is 5.91 Å². The molecule has 0 spiro atoms. The molecule has 0 aliphatic rings. The van der Waals surface area contributed by atoms with E-state index in [9.17, 15) is 9.59 Å². The van der Waals surface area contributed by atoms with Crippen molar-refractivity contribution in [3.8, 4) is 11.4 Å². The highest BCUT2D eigenvalue weighted by Gasteiger charge is 2.25. The van der Waals surface area contributed by atoms with E-state index in [2.05, 4.69) is 20.3 Å². The molecule has 0 saturated carbocycles. The molecule has 0 aliphatic heterocycles. The number of aromatic amines is 1. The molecule has 3 aromatic heterocycles. The van der Waals surface area contributed by atoms with Crippen LogP contribution in [0.25, 0.3) is 22.3 Å². The Balaban J connectivity index is 0.00000289. The quantitative estimate of drug-likeness (QED) is 0.320. The number of carbonyl (C=O) groups excluding carboxylic acids is 1. The number of amides is 1. The summed E-state index contributed by atoms with van der Waals surface area (Å²) in [6, 6.07) is 12.0. The monoisotopic (exact) mass is 453 g/mol. The van der Waals surface area contributed by atoms with Crippen LogP contribution in [0.4, 0.5) is 5.69 Å². The lowest BCUT2D eigenvalue weighted by atomic mass is 10.1. The first-order valence-electron chi connectivity index (χ1n) is 9.90. The predicted octanol–water partition coefficient (Wildman–Crippen LogP) is 1.85. The van der Waals surface area contributed by atoms with E-state index in [1.165, 1.54) is 10.8 Å². The standard InChI is InChI=1S/C22H23N7O2.ClH/c23-7-9-26-18-13-27-21(14-4-2-1-3-5-14)29(22(18)31)19(20(24)30)11-16-10-15-12-25-8-6-17(15)28-16;/h1-6,8,10,12-13,19,26,28H,7,9,11,23H2,(H2,24,30);1H. The minimum absolute atomic E-state index is 0. The molecule has 1 atom stereocenters. The smallest absolute Gasteiger partial charge is 0.277 e. The summed E-state index contributed by atoms with van der Waals surface area (Å²) in [4.78, 5) is 37.8. The van der Waals surface area contributed by atoms with Gasteiger partial charge in [-0.05, 0) is 12.1 Å². The van der Waals surface area contributed by atoms with E-state index < -0.39 is 11.9 Å². The van der Waals surface area contributed by atoms with Crippen LogP contribution in [-0.2, 0) is 11.2 Å². The Bertz CT molecular complexity index is 1240. The van der Waals surface area contributed by atoms with Gasteiger partial charge < -0.3 is 21.8 Å². The van der Waals surface area contributed by atoms with Crippen molar-refractivity contribution in [3.05, 3.63) is 77.1 Å². The first kappa shape index (κ1) is 23.0. The fourth-order valence-corrected chi connectivity index (χ4v) is 3.56. The topological polar surface area (TPSA) is 145 Å². The number of benzene rings is 1. The summed E-state index contributed by atoms with van der Waals surface area (Å²) in [5.41, 5.74) is 13.6. The lowest BCUT2D eigenvalue weighted by molar-refractivity contribution is -0.121. The van der Waals surface area contributed by atoms with E-state index in [1.807, 2.05) is 42.5 Å². The molecule has 1 unspecified atom stereocenters. The average molecular weight is 454 g/mol. The number of nitrogens with one attached hydrogen (secondary N) is 2. The van der Waals surface area contributed by atoms with Crippen molar-refractivity contribution >= 4 is 34.9 Å². The number of nitrogens with zero attached hydrogens (tertiary/aromatic N) is 3. The fourth-order valence-electron chi connectivity index (χ4n) is 3.56. The van der Waals surface area contributed by atoms with Crippen molar-refractivity contribution in [2.75, 3.05) is 18.4 Å². The highest BCUT2D eigenvalue weighted by atomic mass is 35.5. The highest BCUT2D eigenvalue weighted by Crippen LogP contribution is 2.24. The fraction of sp³-hybridized carbons (Fsp3) is 0.182. The van der Waals surface area contributed by atoms with Crippen LogP contribution in [-0.4, -0.2) is 38.5 Å². The number of nitrogens with two attached hydrogens (primary N) is 2. The molecule has 3 heterocycles. The normalized spacial score (nSPS) is 11.7. The van der Waals surface area contributed by atoms with E-state index >= 15 is 0 Å². The Morgan fingerprint density at radius 1 is 1.19 bits per heavy atom. The van der Waals surface area contributed by atoms with E-state index in [0.717, 1.165) is 16.6 Å². The van der Waals surface area contributed by atoms with Gasteiger partial charge in [-0.2, -0.15) is 0 Å². The largest absolute Gasteiger partial charge is 0.378 e. The molecular weight excluding hydrogens is 430 g/mol. The van der Waals surface area contributed by atoms with Crippen LogP contribution in [0.15, 0.2) is 65.8 Å². The van der Waals surface area contributed by atoms with Crippen LogP contribution in [0.2, 0.25) is 0 Å². The number of halogens is 1. The number of hydrogen-bond acceptors (Lipinski definition) is 6. The zero-order valence-electron chi connectivity index (χ0n) is 17.2. The van der Waals surface area contributed by atoms with Crippen molar-refractivity contribution in [2.45, 2.75) is 12.5 Å². The van der Waals surface area contributed by atoms with Gasteiger partial charge in [-0.1, -0.05) is 30.3 Å². The van der Waals surface area contributed by atoms with Gasteiger partial charge in [0, 0.05) is 54.1 Å². The SMILES string of the molecule is Cl.NCCNc1cnc(-c2ccccc2)n(C(Cc2cc3cnccc3[nH]2)C(N)=O)c1=O.